The molecule has 1 rings (SSSR count). The fraction of sp³-hybridized carbons (Fsp3) is 0.632. The Morgan fingerprint density at radius 3 is 2.38 bits per heavy atom. The molecule has 2 N–H and O–H groups in total. The van der Waals surface area contributed by atoms with Gasteiger partial charge in [-0.3, -0.25) is 4.99 Å². The molecule has 0 bridgehead atoms. The number of nitrogens with one attached hydrogen (secondary N) is 2. The Morgan fingerprint density at radius 2 is 1.85 bits per heavy atom. The van der Waals surface area contributed by atoms with Gasteiger partial charge in [0.25, 0.3) is 0 Å². The molecule has 0 aliphatic carbocycles. The summed E-state index contributed by atoms with van der Waals surface area (Å²) in [5.41, 5.74) is 1.22. The molecule has 7 heteroatoms. The number of nitrogens with zero attached hydrogens (tertiary/aromatic N) is 1. The monoisotopic (exact) mass is 383 g/mol. The summed E-state index contributed by atoms with van der Waals surface area (Å²) in [6.07, 6.45) is 2.67. The second kappa shape index (κ2) is 11.1. The highest BCUT2D eigenvalue weighted by Gasteiger charge is 2.09. The van der Waals surface area contributed by atoms with Gasteiger partial charge in [0.15, 0.2) is 5.96 Å². The fourth-order valence-corrected chi connectivity index (χ4v) is 3.01. The van der Waals surface area contributed by atoms with Crippen LogP contribution in [0, 0.1) is 5.92 Å². The van der Waals surface area contributed by atoms with Crippen LogP contribution in [-0.2, 0) is 16.3 Å². The van der Waals surface area contributed by atoms with Gasteiger partial charge in [0.2, 0.25) is 0 Å². The number of hydrogen-bond donors (Lipinski definition) is 2. The molecule has 0 spiro atoms. The van der Waals surface area contributed by atoms with Crippen molar-refractivity contribution in [3.05, 3.63) is 29.8 Å². The molecule has 26 heavy (non-hydrogen) atoms. The van der Waals surface area contributed by atoms with Crippen molar-refractivity contribution >= 4 is 15.8 Å². The Hall–Kier alpha value is -1.76. The van der Waals surface area contributed by atoms with Crippen molar-refractivity contribution in [3.8, 4) is 5.75 Å². The summed E-state index contributed by atoms with van der Waals surface area (Å²) in [7, 11) is -1.23. The van der Waals surface area contributed by atoms with E-state index in [9.17, 15) is 8.42 Å². The average Bonchev–Trinajstić information content (AvgIpc) is 2.57. The van der Waals surface area contributed by atoms with Gasteiger partial charge in [-0.15, -0.1) is 0 Å². The molecule has 1 unspecified atom stereocenters. The SMILES string of the molecule is CN=C(NCCc1ccc(OCC(C)C)cc1)NC(C)CCS(C)(=O)=O. The highest BCUT2D eigenvalue weighted by atomic mass is 32.2. The minimum Gasteiger partial charge on any atom is -0.493 e. The summed E-state index contributed by atoms with van der Waals surface area (Å²) in [6, 6.07) is 8.17. The van der Waals surface area contributed by atoms with Gasteiger partial charge in [-0.25, -0.2) is 8.42 Å². The quantitative estimate of drug-likeness (QED) is 0.478. The molecule has 0 radical (unpaired) electrons. The summed E-state index contributed by atoms with van der Waals surface area (Å²) in [6.45, 7) is 7.67. The molecule has 0 amide bonds. The third-order valence-corrected chi connectivity index (χ3v) is 4.72. The first-order chi connectivity index (χ1) is 12.2. The van der Waals surface area contributed by atoms with Crippen molar-refractivity contribution in [2.45, 2.75) is 39.7 Å². The Labute approximate surface area is 158 Å². The number of guanidine groups is 1. The van der Waals surface area contributed by atoms with E-state index in [2.05, 4.69) is 41.6 Å². The second-order valence-corrected chi connectivity index (χ2v) is 9.32. The van der Waals surface area contributed by atoms with E-state index in [4.69, 9.17) is 4.74 Å². The van der Waals surface area contributed by atoms with Crippen LogP contribution >= 0.6 is 0 Å². The van der Waals surface area contributed by atoms with Gasteiger partial charge >= 0.3 is 0 Å². The van der Waals surface area contributed by atoms with Crippen molar-refractivity contribution in [2.24, 2.45) is 10.9 Å². The maximum Gasteiger partial charge on any atom is 0.191 e. The lowest BCUT2D eigenvalue weighted by Crippen LogP contribution is -2.43. The zero-order valence-electron chi connectivity index (χ0n) is 16.6. The van der Waals surface area contributed by atoms with Crippen LogP contribution in [0.15, 0.2) is 29.3 Å². The molecular formula is C19H33N3O3S. The number of rotatable bonds is 10. The van der Waals surface area contributed by atoms with E-state index >= 15 is 0 Å². The first-order valence-electron chi connectivity index (χ1n) is 9.06. The van der Waals surface area contributed by atoms with Crippen LogP contribution in [0.4, 0.5) is 0 Å². The van der Waals surface area contributed by atoms with Gasteiger partial charge in [-0.1, -0.05) is 26.0 Å². The predicted molar refractivity (Wildman–Crippen MR) is 109 cm³/mol. The average molecular weight is 384 g/mol. The van der Waals surface area contributed by atoms with Gasteiger partial charge in [0.05, 0.1) is 12.4 Å². The number of hydrogen-bond acceptors (Lipinski definition) is 4. The molecule has 1 aromatic rings. The molecule has 148 valence electrons. The maximum atomic E-state index is 11.2. The normalized spacial score (nSPS) is 13.5. The summed E-state index contributed by atoms with van der Waals surface area (Å²) in [5, 5.41) is 6.48. The molecule has 6 nitrogen and oxygen atoms in total. The molecular weight excluding hydrogens is 350 g/mol. The molecule has 1 atom stereocenters. The van der Waals surface area contributed by atoms with Crippen LogP contribution in [0.25, 0.3) is 0 Å². The predicted octanol–water partition coefficient (Wildman–Crippen LogP) is 2.25. The van der Waals surface area contributed by atoms with E-state index in [1.165, 1.54) is 11.8 Å². The van der Waals surface area contributed by atoms with Crippen molar-refractivity contribution in [1.82, 2.24) is 10.6 Å². The van der Waals surface area contributed by atoms with Gasteiger partial charge < -0.3 is 15.4 Å². The van der Waals surface area contributed by atoms with Gasteiger partial charge in [0.1, 0.15) is 15.6 Å². The van der Waals surface area contributed by atoms with Crippen molar-refractivity contribution in [1.29, 1.82) is 0 Å². The first kappa shape index (κ1) is 22.3. The highest BCUT2D eigenvalue weighted by molar-refractivity contribution is 7.90. The molecule has 1 aromatic carbocycles. The van der Waals surface area contributed by atoms with Gasteiger partial charge in [-0.05, 0) is 43.4 Å². The van der Waals surface area contributed by atoms with Gasteiger partial charge in [-0.2, -0.15) is 0 Å². The van der Waals surface area contributed by atoms with Crippen LogP contribution in [0.2, 0.25) is 0 Å². The lowest BCUT2D eigenvalue weighted by Gasteiger charge is -2.17. The lowest BCUT2D eigenvalue weighted by molar-refractivity contribution is 0.271. The van der Waals surface area contributed by atoms with Crippen molar-refractivity contribution in [3.63, 3.8) is 0 Å². The number of sulfone groups is 1. The summed E-state index contributed by atoms with van der Waals surface area (Å²) < 4.78 is 28.2. The van der Waals surface area contributed by atoms with E-state index in [0.29, 0.717) is 18.3 Å². The van der Waals surface area contributed by atoms with E-state index < -0.39 is 9.84 Å². The van der Waals surface area contributed by atoms with E-state index in [0.717, 1.165) is 25.3 Å². The second-order valence-electron chi connectivity index (χ2n) is 7.06. The van der Waals surface area contributed by atoms with Crippen molar-refractivity contribution < 1.29 is 13.2 Å². The lowest BCUT2D eigenvalue weighted by atomic mass is 10.1. The topological polar surface area (TPSA) is 79.8 Å². The molecule has 0 saturated carbocycles. The Bertz CT molecular complexity index is 655. The zero-order chi connectivity index (χ0) is 19.6. The molecule has 0 fully saturated rings. The van der Waals surface area contributed by atoms with Crippen molar-refractivity contribution in [2.75, 3.05) is 32.2 Å². The Kier molecular flexibility index (Phi) is 9.48. The number of benzene rings is 1. The molecule has 0 heterocycles. The standard InChI is InChI=1S/C19H33N3O3S/c1-15(2)14-25-18-8-6-17(7-9-18)10-12-21-19(20-4)22-16(3)11-13-26(5,23)24/h6-9,15-16H,10-14H2,1-5H3,(H2,20,21,22). The Morgan fingerprint density at radius 1 is 1.19 bits per heavy atom. The third-order valence-electron chi connectivity index (χ3n) is 3.74. The van der Waals surface area contributed by atoms with E-state index in [1.807, 2.05) is 19.1 Å². The van der Waals surface area contributed by atoms with Crippen LogP contribution in [0.1, 0.15) is 32.8 Å². The van der Waals surface area contributed by atoms with Crippen LogP contribution in [0.3, 0.4) is 0 Å². The number of ether oxygens (including phenoxy) is 1. The van der Waals surface area contributed by atoms with Crippen LogP contribution < -0.4 is 15.4 Å². The zero-order valence-corrected chi connectivity index (χ0v) is 17.4. The largest absolute Gasteiger partial charge is 0.493 e. The smallest absolute Gasteiger partial charge is 0.191 e. The minimum atomic E-state index is -2.94. The van der Waals surface area contributed by atoms with E-state index in [-0.39, 0.29) is 11.8 Å². The minimum absolute atomic E-state index is 0.0355. The van der Waals surface area contributed by atoms with Crippen LogP contribution in [0.5, 0.6) is 5.75 Å². The molecule has 0 aliphatic heterocycles. The Balaban J connectivity index is 2.35. The highest BCUT2D eigenvalue weighted by Crippen LogP contribution is 2.13. The van der Waals surface area contributed by atoms with E-state index in [1.54, 1.807) is 7.05 Å². The fourth-order valence-electron chi connectivity index (χ4n) is 2.23. The van der Waals surface area contributed by atoms with Crippen LogP contribution in [-0.4, -0.2) is 52.6 Å². The maximum absolute atomic E-state index is 11.2. The summed E-state index contributed by atoms with van der Waals surface area (Å²) in [5.74, 6) is 2.26. The summed E-state index contributed by atoms with van der Waals surface area (Å²) in [4.78, 5) is 4.18. The summed E-state index contributed by atoms with van der Waals surface area (Å²) >= 11 is 0. The number of aliphatic imine (C=N–C) groups is 1. The first-order valence-corrected chi connectivity index (χ1v) is 11.1. The molecule has 0 saturated heterocycles. The molecule has 0 aromatic heterocycles. The molecule has 0 aliphatic rings. The third kappa shape index (κ3) is 10.3. The van der Waals surface area contributed by atoms with Gasteiger partial charge in [0, 0.05) is 25.9 Å².